The van der Waals surface area contributed by atoms with E-state index >= 15 is 0 Å². The second kappa shape index (κ2) is 9.63. The van der Waals surface area contributed by atoms with Crippen LogP contribution < -0.4 is 16.0 Å². The molecule has 1 fully saturated rings. The van der Waals surface area contributed by atoms with E-state index in [2.05, 4.69) is 28.1 Å². The highest BCUT2D eigenvalue weighted by atomic mass is 35.5. The number of hydrogen-bond donors (Lipinski definition) is 3. The second-order valence-corrected chi connectivity index (χ2v) is 6.53. The van der Waals surface area contributed by atoms with E-state index in [-0.39, 0.29) is 30.4 Å². The second-order valence-electron chi connectivity index (χ2n) is 6.53. The Balaban J connectivity index is 0.00000225. The number of nitrogens with zero attached hydrogens (tertiary/aromatic N) is 1. The molecule has 1 atom stereocenters. The molecule has 0 radical (unpaired) electrons. The summed E-state index contributed by atoms with van der Waals surface area (Å²) >= 11 is 0. The van der Waals surface area contributed by atoms with Crippen LogP contribution in [0.15, 0.2) is 24.3 Å². The molecular formula is C18H27ClN4O2. The maximum Gasteiger partial charge on any atom is 0.317 e. The zero-order valence-electron chi connectivity index (χ0n) is 14.4. The lowest BCUT2D eigenvalue weighted by Gasteiger charge is -2.29. The number of piperidine rings is 1. The number of fused-ring (bicyclic) bond motifs is 1. The van der Waals surface area contributed by atoms with E-state index in [9.17, 15) is 9.59 Å². The molecule has 0 spiro atoms. The first-order chi connectivity index (χ1) is 11.7. The molecule has 2 heterocycles. The van der Waals surface area contributed by atoms with Crippen molar-refractivity contribution in [2.45, 2.75) is 38.3 Å². The first-order valence-corrected chi connectivity index (χ1v) is 8.82. The number of benzene rings is 1. The molecule has 1 aromatic carbocycles. The lowest BCUT2D eigenvalue weighted by molar-refractivity contribution is -0.121. The van der Waals surface area contributed by atoms with Gasteiger partial charge >= 0.3 is 6.03 Å². The monoisotopic (exact) mass is 366 g/mol. The SMILES string of the molecule is Cl.O=C(CCNC(=O)N1CCc2ccccc2C1)NC1CCCNC1. The molecule has 3 amide bonds. The molecule has 0 aliphatic carbocycles. The van der Waals surface area contributed by atoms with Crippen LogP contribution in [-0.2, 0) is 17.8 Å². The average molecular weight is 367 g/mol. The Bertz CT molecular complexity index is 590. The molecule has 7 heteroatoms. The van der Waals surface area contributed by atoms with E-state index < -0.39 is 0 Å². The van der Waals surface area contributed by atoms with Gasteiger partial charge in [0.25, 0.3) is 0 Å². The van der Waals surface area contributed by atoms with Crippen molar-refractivity contribution in [2.75, 3.05) is 26.2 Å². The predicted molar refractivity (Wildman–Crippen MR) is 99.9 cm³/mol. The summed E-state index contributed by atoms with van der Waals surface area (Å²) < 4.78 is 0. The smallest absolute Gasteiger partial charge is 0.317 e. The van der Waals surface area contributed by atoms with Crippen LogP contribution >= 0.6 is 12.4 Å². The lowest BCUT2D eigenvalue weighted by atomic mass is 10.0. The number of hydrogen-bond acceptors (Lipinski definition) is 3. The molecule has 0 aromatic heterocycles. The van der Waals surface area contributed by atoms with Crippen molar-refractivity contribution in [3.8, 4) is 0 Å². The highest BCUT2D eigenvalue weighted by molar-refractivity contribution is 5.85. The molecule has 25 heavy (non-hydrogen) atoms. The molecule has 1 saturated heterocycles. The van der Waals surface area contributed by atoms with Gasteiger partial charge < -0.3 is 20.9 Å². The summed E-state index contributed by atoms with van der Waals surface area (Å²) in [4.78, 5) is 26.0. The van der Waals surface area contributed by atoms with Gasteiger partial charge in [0, 0.05) is 38.6 Å². The molecule has 1 unspecified atom stereocenters. The topological polar surface area (TPSA) is 73.5 Å². The summed E-state index contributed by atoms with van der Waals surface area (Å²) in [6.45, 7) is 3.61. The van der Waals surface area contributed by atoms with Crippen LogP contribution in [0, 0.1) is 0 Å². The summed E-state index contributed by atoms with van der Waals surface area (Å²) in [5.74, 6) is 0.00740. The first-order valence-electron chi connectivity index (χ1n) is 8.82. The Morgan fingerprint density at radius 1 is 1.24 bits per heavy atom. The van der Waals surface area contributed by atoms with Gasteiger partial charge in [-0.05, 0) is 36.9 Å². The summed E-state index contributed by atoms with van der Waals surface area (Å²) in [5, 5.41) is 9.16. The maximum atomic E-state index is 12.3. The van der Waals surface area contributed by atoms with Crippen LogP contribution in [-0.4, -0.2) is 49.1 Å². The Hall–Kier alpha value is -1.79. The molecule has 1 aromatic rings. The highest BCUT2D eigenvalue weighted by Gasteiger charge is 2.20. The van der Waals surface area contributed by atoms with Gasteiger partial charge in [-0.25, -0.2) is 4.79 Å². The van der Waals surface area contributed by atoms with E-state index in [0.29, 0.717) is 19.5 Å². The molecule has 3 rings (SSSR count). The fraction of sp³-hybridized carbons (Fsp3) is 0.556. The van der Waals surface area contributed by atoms with Crippen LogP contribution in [0.2, 0.25) is 0 Å². The number of carbonyl (C=O) groups is 2. The minimum absolute atomic E-state index is 0. The van der Waals surface area contributed by atoms with Crippen LogP contribution in [0.3, 0.4) is 0 Å². The fourth-order valence-electron chi connectivity index (χ4n) is 3.34. The quantitative estimate of drug-likeness (QED) is 0.754. The van der Waals surface area contributed by atoms with Crippen molar-refractivity contribution in [1.82, 2.24) is 20.9 Å². The van der Waals surface area contributed by atoms with Gasteiger partial charge in [-0.1, -0.05) is 24.3 Å². The summed E-state index contributed by atoms with van der Waals surface area (Å²) in [5.41, 5.74) is 2.53. The van der Waals surface area contributed by atoms with E-state index in [4.69, 9.17) is 0 Å². The van der Waals surface area contributed by atoms with Gasteiger partial charge in [-0.15, -0.1) is 12.4 Å². The van der Waals surface area contributed by atoms with E-state index in [1.165, 1.54) is 11.1 Å². The fourth-order valence-corrected chi connectivity index (χ4v) is 3.34. The molecule has 3 N–H and O–H groups in total. The van der Waals surface area contributed by atoms with Gasteiger partial charge in [0.05, 0.1) is 0 Å². The summed E-state index contributed by atoms with van der Waals surface area (Å²) in [7, 11) is 0. The van der Waals surface area contributed by atoms with Crippen molar-refractivity contribution in [3.63, 3.8) is 0 Å². The number of urea groups is 1. The van der Waals surface area contributed by atoms with Gasteiger partial charge in [-0.3, -0.25) is 4.79 Å². The number of halogens is 1. The standard InChI is InChI=1S/C18H26N4O2.ClH/c23-17(21-16-6-3-9-19-12-16)7-10-20-18(24)22-11-8-14-4-1-2-5-15(14)13-22;/h1-2,4-5,16,19H,3,6-13H2,(H,20,24)(H,21,23);1H. The largest absolute Gasteiger partial charge is 0.352 e. The minimum Gasteiger partial charge on any atom is -0.352 e. The lowest BCUT2D eigenvalue weighted by Crippen LogP contribution is -2.47. The van der Waals surface area contributed by atoms with Crippen molar-refractivity contribution >= 4 is 24.3 Å². The third-order valence-electron chi connectivity index (χ3n) is 4.71. The van der Waals surface area contributed by atoms with Crippen molar-refractivity contribution in [2.24, 2.45) is 0 Å². The predicted octanol–water partition coefficient (Wildman–Crippen LogP) is 1.43. The molecular weight excluding hydrogens is 340 g/mol. The Morgan fingerprint density at radius 2 is 2.04 bits per heavy atom. The van der Waals surface area contributed by atoms with E-state index in [1.807, 2.05) is 17.0 Å². The van der Waals surface area contributed by atoms with Gasteiger partial charge in [0.15, 0.2) is 0 Å². The zero-order chi connectivity index (χ0) is 16.8. The third-order valence-corrected chi connectivity index (χ3v) is 4.71. The van der Waals surface area contributed by atoms with Crippen LogP contribution in [0.1, 0.15) is 30.4 Å². The molecule has 6 nitrogen and oxygen atoms in total. The van der Waals surface area contributed by atoms with Gasteiger partial charge in [0.2, 0.25) is 5.91 Å². The third kappa shape index (κ3) is 5.61. The van der Waals surface area contributed by atoms with E-state index in [1.54, 1.807) is 0 Å². The number of nitrogens with one attached hydrogen (secondary N) is 3. The average Bonchev–Trinajstić information content (AvgIpc) is 2.62. The van der Waals surface area contributed by atoms with E-state index in [0.717, 1.165) is 38.9 Å². The number of amides is 3. The molecule has 2 aliphatic heterocycles. The summed E-state index contributed by atoms with van der Waals surface area (Å²) in [6.07, 6.45) is 3.34. The Kier molecular flexibility index (Phi) is 7.52. The van der Waals surface area contributed by atoms with Gasteiger partial charge in [0.1, 0.15) is 0 Å². The van der Waals surface area contributed by atoms with Crippen molar-refractivity contribution < 1.29 is 9.59 Å². The maximum absolute atomic E-state index is 12.3. The summed E-state index contributed by atoms with van der Waals surface area (Å²) in [6, 6.07) is 8.37. The van der Waals surface area contributed by atoms with Gasteiger partial charge in [-0.2, -0.15) is 0 Å². The van der Waals surface area contributed by atoms with Crippen molar-refractivity contribution in [1.29, 1.82) is 0 Å². The number of rotatable bonds is 4. The molecule has 2 aliphatic rings. The zero-order valence-corrected chi connectivity index (χ0v) is 15.2. The Morgan fingerprint density at radius 3 is 2.80 bits per heavy atom. The van der Waals surface area contributed by atoms with Crippen LogP contribution in [0.4, 0.5) is 4.79 Å². The van der Waals surface area contributed by atoms with Crippen molar-refractivity contribution in [3.05, 3.63) is 35.4 Å². The van der Waals surface area contributed by atoms with Crippen LogP contribution in [0.5, 0.6) is 0 Å². The molecule has 138 valence electrons. The number of carbonyl (C=O) groups excluding carboxylic acids is 2. The normalized spacial score (nSPS) is 19.4. The highest BCUT2D eigenvalue weighted by Crippen LogP contribution is 2.18. The first kappa shape index (κ1) is 19.5. The minimum atomic E-state index is -0.0864. The Labute approximate surface area is 155 Å². The molecule has 0 bridgehead atoms. The van der Waals surface area contributed by atoms with Crippen LogP contribution in [0.25, 0.3) is 0 Å². The molecule has 0 saturated carbocycles.